The first-order valence-corrected chi connectivity index (χ1v) is 7.80. The zero-order valence-corrected chi connectivity index (χ0v) is 14.6. The molecule has 1 heterocycles. The summed E-state index contributed by atoms with van der Waals surface area (Å²) in [5.74, 6) is -5.22. The van der Waals surface area contributed by atoms with Crippen LogP contribution < -0.4 is 9.47 Å². The first-order chi connectivity index (χ1) is 12.4. The fourth-order valence-corrected chi connectivity index (χ4v) is 2.94. The Kier molecular flexibility index (Phi) is 5.77. The molecular formula is C11H2Cl2F10N2O2S. The minimum atomic E-state index is -5.54. The van der Waals surface area contributed by atoms with E-state index in [1.54, 1.807) is 0 Å². The number of alkyl halides is 12. The second-order valence-electron chi connectivity index (χ2n) is 4.65. The van der Waals surface area contributed by atoms with Crippen LogP contribution in [0.4, 0.5) is 43.9 Å². The number of rotatable bonds is 4. The highest BCUT2D eigenvalue weighted by molar-refractivity contribution is 8.01. The van der Waals surface area contributed by atoms with Crippen molar-refractivity contribution >= 4 is 46.2 Å². The van der Waals surface area contributed by atoms with Crippen molar-refractivity contribution in [3.8, 4) is 11.5 Å². The number of benzene rings is 1. The molecule has 1 aromatic carbocycles. The maximum Gasteiger partial charge on any atom is 0.573 e. The maximum absolute atomic E-state index is 13.4. The highest BCUT2D eigenvalue weighted by atomic mass is 35.5. The van der Waals surface area contributed by atoms with Gasteiger partial charge in [-0.15, -0.1) is 26.3 Å². The van der Waals surface area contributed by atoms with Gasteiger partial charge in [0.2, 0.25) is 5.82 Å². The molecule has 17 heteroatoms. The number of imidazole rings is 1. The lowest BCUT2D eigenvalue weighted by atomic mass is 10.3. The quantitative estimate of drug-likeness (QED) is 0.369. The van der Waals surface area contributed by atoms with Crippen molar-refractivity contribution in [3.05, 3.63) is 18.0 Å². The van der Waals surface area contributed by atoms with Gasteiger partial charge >= 0.3 is 22.8 Å². The SMILES string of the molecule is FC(F)(F)Oc1cc2nc(C(F)(F)F)n(SC(F)(Cl)Cl)c2cc1OC(F)(F)F. The Morgan fingerprint density at radius 2 is 1.29 bits per heavy atom. The van der Waals surface area contributed by atoms with Crippen LogP contribution in [-0.2, 0) is 6.18 Å². The van der Waals surface area contributed by atoms with Crippen molar-refractivity contribution in [2.75, 3.05) is 0 Å². The zero-order chi connectivity index (χ0) is 21.7. The van der Waals surface area contributed by atoms with Gasteiger partial charge in [-0.25, -0.2) is 4.98 Å². The van der Waals surface area contributed by atoms with Crippen molar-refractivity contribution in [2.45, 2.75) is 22.8 Å². The van der Waals surface area contributed by atoms with Crippen LogP contribution in [0.25, 0.3) is 11.0 Å². The molecule has 1 aromatic heterocycles. The van der Waals surface area contributed by atoms with Gasteiger partial charge in [0.05, 0.1) is 11.0 Å². The zero-order valence-electron chi connectivity index (χ0n) is 12.3. The summed E-state index contributed by atoms with van der Waals surface area (Å²) in [4.78, 5) is 2.95. The molecule has 0 saturated heterocycles. The summed E-state index contributed by atoms with van der Waals surface area (Å²) in [5.41, 5.74) is -1.87. The lowest BCUT2D eigenvalue weighted by Gasteiger charge is -2.16. The number of aromatic nitrogens is 2. The predicted octanol–water partition coefficient (Wildman–Crippen LogP) is 6.41. The molecule has 0 aliphatic heterocycles. The smallest absolute Gasteiger partial charge is 0.402 e. The molecule has 2 rings (SSSR count). The van der Waals surface area contributed by atoms with E-state index in [1.165, 1.54) is 0 Å². The van der Waals surface area contributed by atoms with Crippen LogP contribution in [0.15, 0.2) is 12.1 Å². The van der Waals surface area contributed by atoms with Crippen LogP contribution in [-0.4, -0.2) is 25.6 Å². The van der Waals surface area contributed by atoms with E-state index in [1.807, 2.05) is 0 Å². The van der Waals surface area contributed by atoms with Gasteiger partial charge in [-0.2, -0.15) is 17.6 Å². The number of halogens is 12. The van der Waals surface area contributed by atoms with Gasteiger partial charge in [-0.1, -0.05) is 23.2 Å². The molecule has 0 spiro atoms. The third-order valence-electron chi connectivity index (χ3n) is 2.58. The molecule has 0 fully saturated rings. The molecule has 4 nitrogen and oxygen atoms in total. The first kappa shape index (κ1) is 22.8. The number of hydrogen-bond acceptors (Lipinski definition) is 4. The summed E-state index contributed by atoms with van der Waals surface area (Å²) in [5, 5.41) is 0. The van der Waals surface area contributed by atoms with Gasteiger partial charge in [0.15, 0.2) is 11.5 Å². The van der Waals surface area contributed by atoms with E-state index in [9.17, 15) is 43.9 Å². The number of hydrogen-bond donors (Lipinski definition) is 0. The van der Waals surface area contributed by atoms with Crippen LogP contribution in [0.1, 0.15) is 5.82 Å². The molecule has 0 bridgehead atoms. The molecule has 0 unspecified atom stereocenters. The fraction of sp³-hybridized carbons (Fsp3) is 0.364. The average Bonchev–Trinajstić information content (AvgIpc) is 2.71. The van der Waals surface area contributed by atoms with Gasteiger partial charge in [-0.05, 0) is 0 Å². The Morgan fingerprint density at radius 3 is 1.68 bits per heavy atom. The minimum Gasteiger partial charge on any atom is -0.402 e. The summed E-state index contributed by atoms with van der Waals surface area (Å²) in [7, 11) is 0. The predicted molar refractivity (Wildman–Crippen MR) is 76.6 cm³/mol. The highest BCUT2D eigenvalue weighted by Crippen LogP contribution is 2.46. The Hall–Kier alpha value is -1.48. The Bertz CT molecular complexity index is 872. The van der Waals surface area contributed by atoms with E-state index in [-0.39, 0.29) is 16.1 Å². The molecule has 0 N–H and O–H groups in total. The third-order valence-corrected chi connectivity index (χ3v) is 3.75. The molecule has 0 saturated carbocycles. The van der Waals surface area contributed by atoms with Crippen LogP contribution >= 0.6 is 35.1 Å². The highest BCUT2D eigenvalue weighted by Gasteiger charge is 2.42. The monoisotopic (exact) mass is 486 g/mol. The normalized spacial score (nSPS) is 13.9. The molecule has 158 valence electrons. The van der Waals surface area contributed by atoms with Gasteiger partial charge in [0.25, 0.3) is 0 Å². The van der Waals surface area contributed by atoms with Crippen LogP contribution in [0.5, 0.6) is 11.5 Å². The van der Waals surface area contributed by atoms with Crippen LogP contribution in [0, 0.1) is 0 Å². The third kappa shape index (κ3) is 6.01. The molecule has 0 aliphatic rings. The maximum atomic E-state index is 13.4. The van der Waals surface area contributed by atoms with E-state index in [0.717, 1.165) is 0 Å². The summed E-state index contributed by atoms with van der Waals surface area (Å²) in [6.07, 6.45) is -16.4. The van der Waals surface area contributed by atoms with Crippen molar-refractivity contribution in [1.29, 1.82) is 0 Å². The fourth-order valence-electron chi connectivity index (χ4n) is 1.85. The molecule has 0 aliphatic carbocycles. The topological polar surface area (TPSA) is 36.3 Å². The standard InChI is InChI=1S/C11H2Cl2F10N2O2S/c12-9(13,17)28-25-4-2-6(27-11(21,22)23)5(26-10(18,19)20)1-3(4)24-7(25)8(14,15)16/h1-2H. The summed E-state index contributed by atoms with van der Waals surface area (Å²) in [6.45, 7) is 0. The van der Waals surface area contributed by atoms with E-state index in [2.05, 4.69) is 14.5 Å². The largest absolute Gasteiger partial charge is 0.573 e. The van der Waals surface area contributed by atoms with E-state index >= 15 is 0 Å². The molecule has 0 atom stereocenters. The molecular weight excluding hydrogens is 485 g/mol. The summed E-state index contributed by atoms with van der Waals surface area (Å²) in [6, 6.07) is 0.178. The number of ether oxygens (including phenoxy) is 2. The van der Waals surface area contributed by atoms with Gasteiger partial charge in [-0.3, -0.25) is 3.97 Å². The second-order valence-corrected chi connectivity index (χ2v) is 7.44. The molecule has 2 aromatic rings. The van der Waals surface area contributed by atoms with Crippen LogP contribution in [0.3, 0.4) is 0 Å². The molecule has 28 heavy (non-hydrogen) atoms. The first-order valence-electron chi connectivity index (χ1n) is 6.27. The lowest BCUT2D eigenvalue weighted by molar-refractivity contribution is -0.287. The Morgan fingerprint density at radius 1 is 0.821 bits per heavy atom. The van der Waals surface area contributed by atoms with Gasteiger partial charge in [0.1, 0.15) is 0 Å². The number of nitrogens with zero attached hydrogens (tertiary/aromatic N) is 2. The lowest BCUT2D eigenvalue weighted by Crippen LogP contribution is -2.21. The minimum absolute atomic E-state index is 0.0820. The van der Waals surface area contributed by atoms with Crippen LogP contribution in [0.2, 0.25) is 0 Å². The Balaban J connectivity index is 2.77. The van der Waals surface area contributed by atoms with E-state index in [0.29, 0.717) is 0 Å². The summed E-state index contributed by atoms with van der Waals surface area (Å²) >= 11 is 9.38. The van der Waals surface area contributed by atoms with Gasteiger partial charge in [0, 0.05) is 24.1 Å². The van der Waals surface area contributed by atoms with Gasteiger partial charge < -0.3 is 9.47 Å². The summed E-state index contributed by atoms with van der Waals surface area (Å²) < 4.78 is 130. The Labute approximate surface area is 161 Å². The van der Waals surface area contributed by atoms with Crippen molar-refractivity contribution < 1.29 is 53.4 Å². The van der Waals surface area contributed by atoms with E-state index in [4.69, 9.17) is 23.2 Å². The average molecular weight is 487 g/mol. The second kappa shape index (κ2) is 7.09. The number of fused-ring (bicyclic) bond motifs is 1. The van der Waals surface area contributed by atoms with Crippen molar-refractivity contribution in [3.63, 3.8) is 0 Å². The van der Waals surface area contributed by atoms with Crippen molar-refractivity contribution in [1.82, 2.24) is 8.96 Å². The molecule has 0 radical (unpaired) electrons. The van der Waals surface area contributed by atoms with Crippen molar-refractivity contribution in [2.24, 2.45) is 0 Å². The van der Waals surface area contributed by atoms with E-state index < -0.39 is 63.1 Å². The molecule has 0 amide bonds.